The summed E-state index contributed by atoms with van der Waals surface area (Å²) in [6, 6.07) is 11.5. The number of amides is 3. The van der Waals surface area contributed by atoms with E-state index in [1.54, 1.807) is 37.3 Å². The van der Waals surface area contributed by atoms with Crippen LogP contribution in [0.5, 0.6) is 11.5 Å². The molecule has 4 rings (SSSR count). The molecule has 2 aliphatic heterocycles. The maximum absolute atomic E-state index is 13.0. The minimum Gasteiger partial charge on any atom is -0.454 e. The molecule has 138 valence electrons. The molecule has 27 heavy (non-hydrogen) atoms. The molecular formula is C20H18N2O5. The Morgan fingerprint density at radius 1 is 1.11 bits per heavy atom. The summed E-state index contributed by atoms with van der Waals surface area (Å²) in [5, 5.41) is 2.69. The molecule has 2 aromatic rings. The topological polar surface area (TPSA) is 84.9 Å². The van der Waals surface area contributed by atoms with E-state index in [-0.39, 0.29) is 19.1 Å². The van der Waals surface area contributed by atoms with Gasteiger partial charge in [0.05, 0.1) is 6.54 Å². The highest BCUT2D eigenvalue weighted by Gasteiger charge is 2.49. The van der Waals surface area contributed by atoms with Gasteiger partial charge in [0.15, 0.2) is 17.3 Å². The highest BCUT2D eigenvalue weighted by atomic mass is 16.7. The van der Waals surface area contributed by atoms with Crippen LogP contribution in [0.3, 0.4) is 0 Å². The minimum absolute atomic E-state index is 0.118. The second kappa shape index (κ2) is 6.12. The number of hydrogen-bond donors (Lipinski definition) is 1. The zero-order chi connectivity index (χ0) is 19.2. The van der Waals surface area contributed by atoms with Crippen LogP contribution in [0, 0.1) is 6.92 Å². The van der Waals surface area contributed by atoms with Crippen molar-refractivity contribution in [1.29, 1.82) is 0 Å². The Labute approximate surface area is 155 Å². The molecule has 1 N–H and O–H groups in total. The van der Waals surface area contributed by atoms with Crippen LogP contribution in [-0.2, 0) is 10.3 Å². The van der Waals surface area contributed by atoms with Crippen LogP contribution in [0.1, 0.15) is 28.4 Å². The van der Waals surface area contributed by atoms with Crippen molar-refractivity contribution in [3.8, 4) is 11.5 Å². The Hall–Kier alpha value is -3.35. The van der Waals surface area contributed by atoms with Gasteiger partial charge in [0, 0.05) is 5.56 Å². The third-order valence-electron chi connectivity index (χ3n) is 4.90. The van der Waals surface area contributed by atoms with Crippen LogP contribution in [0.2, 0.25) is 0 Å². The lowest BCUT2D eigenvalue weighted by molar-refractivity contribution is -0.130. The first kappa shape index (κ1) is 17.1. The first-order valence-electron chi connectivity index (χ1n) is 8.52. The standard InChI is InChI=1S/C20H18N2O5/c1-12-3-5-13(6-4-12)15(23)10-22-18(24)20(2,21-19(22)25)14-7-8-16-17(9-14)27-11-26-16/h3-9H,10-11H2,1-2H3,(H,21,25)/t20-/m0/s1. The van der Waals surface area contributed by atoms with Crippen LogP contribution >= 0.6 is 0 Å². The number of urea groups is 1. The van der Waals surface area contributed by atoms with E-state index < -0.39 is 17.5 Å². The van der Waals surface area contributed by atoms with Gasteiger partial charge in [-0.2, -0.15) is 0 Å². The first-order chi connectivity index (χ1) is 12.9. The fourth-order valence-electron chi connectivity index (χ4n) is 3.22. The molecule has 0 aromatic heterocycles. The fourth-order valence-corrected chi connectivity index (χ4v) is 3.22. The lowest BCUT2D eigenvalue weighted by atomic mass is 9.91. The summed E-state index contributed by atoms with van der Waals surface area (Å²) in [6.07, 6.45) is 0. The van der Waals surface area contributed by atoms with E-state index in [2.05, 4.69) is 5.32 Å². The van der Waals surface area contributed by atoms with E-state index in [0.29, 0.717) is 22.6 Å². The quantitative estimate of drug-likeness (QED) is 0.663. The van der Waals surface area contributed by atoms with Crippen molar-refractivity contribution >= 4 is 17.7 Å². The second-order valence-electron chi connectivity index (χ2n) is 6.80. The molecule has 1 atom stereocenters. The molecule has 2 heterocycles. The Morgan fingerprint density at radius 3 is 2.56 bits per heavy atom. The van der Waals surface area contributed by atoms with Crippen LogP contribution in [0.25, 0.3) is 0 Å². The fraction of sp³-hybridized carbons (Fsp3) is 0.250. The molecule has 2 aliphatic rings. The maximum Gasteiger partial charge on any atom is 0.325 e. The van der Waals surface area contributed by atoms with Crippen molar-refractivity contribution in [2.75, 3.05) is 13.3 Å². The number of ether oxygens (including phenoxy) is 2. The number of nitrogens with one attached hydrogen (secondary N) is 1. The number of hydrogen-bond acceptors (Lipinski definition) is 5. The number of nitrogens with zero attached hydrogens (tertiary/aromatic N) is 1. The monoisotopic (exact) mass is 366 g/mol. The minimum atomic E-state index is -1.27. The van der Waals surface area contributed by atoms with Gasteiger partial charge in [0.25, 0.3) is 5.91 Å². The summed E-state index contributed by atoms with van der Waals surface area (Å²) in [7, 11) is 0. The molecule has 1 fully saturated rings. The highest BCUT2D eigenvalue weighted by Crippen LogP contribution is 2.37. The number of carbonyl (C=O) groups excluding carboxylic acids is 3. The lowest BCUT2D eigenvalue weighted by Crippen LogP contribution is -2.41. The Kier molecular flexibility index (Phi) is 3.87. The summed E-state index contributed by atoms with van der Waals surface area (Å²) in [4.78, 5) is 38.8. The third kappa shape index (κ3) is 2.81. The molecule has 0 bridgehead atoms. The molecule has 0 radical (unpaired) electrons. The van der Waals surface area contributed by atoms with E-state index in [4.69, 9.17) is 9.47 Å². The maximum atomic E-state index is 13.0. The van der Waals surface area contributed by atoms with Gasteiger partial charge in [-0.05, 0) is 31.5 Å². The second-order valence-corrected chi connectivity index (χ2v) is 6.80. The van der Waals surface area contributed by atoms with Gasteiger partial charge in [-0.25, -0.2) is 4.79 Å². The number of fused-ring (bicyclic) bond motifs is 1. The number of imide groups is 1. The molecular weight excluding hydrogens is 348 g/mol. The van der Waals surface area contributed by atoms with E-state index >= 15 is 0 Å². The van der Waals surface area contributed by atoms with Crippen molar-refractivity contribution < 1.29 is 23.9 Å². The summed E-state index contributed by atoms with van der Waals surface area (Å²) in [5.74, 6) is 0.329. The molecule has 3 amide bonds. The van der Waals surface area contributed by atoms with Crippen molar-refractivity contribution in [2.24, 2.45) is 0 Å². The largest absolute Gasteiger partial charge is 0.454 e. The van der Waals surface area contributed by atoms with Crippen LogP contribution in [0.4, 0.5) is 4.79 Å². The smallest absolute Gasteiger partial charge is 0.325 e. The number of rotatable bonds is 4. The van der Waals surface area contributed by atoms with Crippen molar-refractivity contribution in [1.82, 2.24) is 10.2 Å². The Balaban J connectivity index is 1.58. The zero-order valence-electron chi connectivity index (χ0n) is 14.9. The van der Waals surface area contributed by atoms with E-state index in [0.717, 1.165) is 10.5 Å². The van der Waals surface area contributed by atoms with Gasteiger partial charge in [-0.1, -0.05) is 35.9 Å². The lowest BCUT2D eigenvalue weighted by Gasteiger charge is -2.22. The predicted molar refractivity (Wildman–Crippen MR) is 95.7 cm³/mol. The molecule has 0 aliphatic carbocycles. The van der Waals surface area contributed by atoms with Crippen molar-refractivity contribution in [3.05, 3.63) is 59.2 Å². The van der Waals surface area contributed by atoms with Gasteiger partial charge >= 0.3 is 6.03 Å². The number of Topliss-reactive ketones (excluding diaryl/α,β-unsaturated/α-hetero) is 1. The van der Waals surface area contributed by atoms with Gasteiger partial charge in [0.1, 0.15) is 5.54 Å². The molecule has 0 saturated carbocycles. The van der Waals surface area contributed by atoms with Crippen molar-refractivity contribution in [2.45, 2.75) is 19.4 Å². The van der Waals surface area contributed by atoms with E-state index in [1.807, 2.05) is 19.1 Å². The van der Waals surface area contributed by atoms with Gasteiger partial charge in [0.2, 0.25) is 6.79 Å². The van der Waals surface area contributed by atoms with Crippen LogP contribution in [-0.4, -0.2) is 36.0 Å². The SMILES string of the molecule is Cc1ccc(C(=O)CN2C(=O)N[C@@](C)(c3ccc4c(c3)OCO4)C2=O)cc1. The van der Waals surface area contributed by atoms with Crippen LogP contribution < -0.4 is 14.8 Å². The van der Waals surface area contributed by atoms with Gasteiger partial charge in [-0.15, -0.1) is 0 Å². The van der Waals surface area contributed by atoms with Crippen molar-refractivity contribution in [3.63, 3.8) is 0 Å². The van der Waals surface area contributed by atoms with E-state index in [9.17, 15) is 14.4 Å². The zero-order valence-corrected chi connectivity index (χ0v) is 14.9. The van der Waals surface area contributed by atoms with Crippen LogP contribution in [0.15, 0.2) is 42.5 Å². The highest BCUT2D eigenvalue weighted by molar-refractivity contribution is 6.11. The summed E-state index contributed by atoms with van der Waals surface area (Å²) < 4.78 is 10.6. The molecule has 0 spiro atoms. The molecule has 1 saturated heterocycles. The Bertz CT molecular complexity index is 953. The normalized spacial score (nSPS) is 20.7. The van der Waals surface area contributed by atoms with Gasteiger partial charge < -0.3 is 14.8 Å². The Morgan fingerprint density at radius 2 is 1.81 bits per heavy atom. The number of benzene rings is 2. The predicted octanol–water partition coefficient (Wildman–Crippen LogP) is 2.37. The molecule has 0 unspecified atom stereocenters. The molecule has 2 aromatic carbocycles. The van der Waals surface area contributed by atoms with E-state index in [1.165, 1.54) is 0 Å². The third-order valence-corrected chi connectivity index (χ3v) is 4.90. The molecule has 7 heteroatoms. The number of aryl methyl sites for hydroxylation is 1. The summed E-state index contributed by atoms with van der Waals surface area (Å²) >= 11 is 0. The first-order valence-corrected chi connectivity index (χ1v) is 8.52. The summed E-state index contributed by atoms with van der Waals surface area (Å²) in [5.41, 5.74) is 0.774. The average molecular weight is 366 g/mol. The van der Waals surface area contributed by atoms with Gasteiger partial charge in [-0.3, -0.25) is 14.5 Å². The average Bonchev–Trinajstić information content (AvgIpc) is 3.20. The number of ketones is 1. The molecule has 7 nitrogen and oxygen atoms in total. The summed E-state index contributed by atoms with van der Waals surface area (Å²) in [6.45, 7) is 3.34. The number of carbonyl (C=O) groups is 3.